The maximum absolute atomic E-state index is 14.5. The normalized spacial score (nSPS) is 49.0. The number of alkyl halides is 2. The Labute approximate surface area is 140 Å². The zero-order chi connectivity index (χ0) is 16.4. The fourth-order valence-electron chi connectivity index (χ4n) is 5.66. The molecule has 0 amide bonds. The Bertz CT molecular complexity index is 359. The number of halogens is 2. The van der Waals surface area contributed by atoms with E-state index in [0.717, 1.165) is 37.0 Å². The van der Waals surface area contributed by atoms with Crippen molar-refractivity contribution in [1.82, 2.24) is 0 Å². The molecule has 3 saturated carbocycles. The predicted octanol–water partition coefficient (Wildman–Crippen LogP) is 5.72. The number of ether oxygens (including phenoxy) is 1. The third-order valence-electron chi connectivity index (χ3n) is 7.30. The van der Waals surface area contributed by atoms with Crippen molar-refractivity contribution in [3.05, 3.63) is 0 Å². The van der Waals surface area contributed by atoms with Crippen LogP contribution in [0.1, 0.15) is 71.1 Å². The Kier molecular flexibility index (Phi) is 5.98. The number of methoxy groups -OCH3 is 1. The van der Waals surface area contributed by atoms with Gasteiger partial charge in [0.1, 0.15) is 6.17 Å². The van der Waals surface area contributed by atoms with Crippen molar-refractivity contribution in [2.45, 2.75) is 89.6 Å². The highest BCUT2D eigenvalue weighted by Crippen LogP contribution is 2.46. The van der Waals surface area contributed by atoms with Crippen molar-refractivity contribution in [2.75, 3.05) is 7.11 Å². The molecule has 134 valence electrons. The molecule has 0 aromatic carbocycles. The first-order valence-corrected chi connectivity index (χ1v) is 9.91. The van der Waals surface area contributed by atoms with Gasteiger partial charge < -0.3 is 4.74 Å². The molecule has 3 heteroatoms. The highest BCUT2D eigenvalue weighted by atomic mass is 19.2. The van der Waals surface area contributed by atoms with Gasteiger partial charge in [0, 0.05) is 7.11 Å². The van der Waals surface area contributed by atoms with Crippen LogP contribution in [-0.4, -0.2) is 25.6 Å². The minimum Gasteiger partial charge on any atom is -0.378 e. The molecule has 0 radical (unpaired) electrons. The second-order valence-electron chi connectivity index (χ2n) is 8.60. The molecule has 0 aliphatic heterocycles. The van der Waals surface area contributed by atoms with Gasteiger partial charge in [-0.15, -0.1) is 0 Å². The summed E-state index contributed by atoms with van der Waals surface area (Å²) in [6.07, 6.45) is 8.53. The largest absolute Gasteiger partial charge is 0.378 e. The van der Waals surface area contributed by atoms with E-state index >= 15 is 0 Å². The third kappa shape index (κ3) is 3.91. The topological polar surface area (TPSA) is 9.23 Å². The van der Waals surface area contributed by atoms with Crippen LogP contribution in [0.5, 0.6) is 0 Å². The van der Waals surface area contributed by atoms with Gasteiger partial charge in [0.05, 0.1) is 6.10 Å². The molecule has 0 saturated heterocycles. The van der Waals surface area contributed by atoms with E-state index in [9.17, 15) is 8.78 Å². The zero-order valence-electron chi connectivity index (χ0n) is 14.9. The summed E-state index contributed by atoms with van der Waals surface area (Å²) in [5.41, 5.74) is 0. The van der Waals surface area contributed by atoms with Gasteiger partial charge in [-0.2, -0.15) is 0 Å². The van der Waals surface area contributed by atoms with E-state index in [4.69, 9.17) is 4.74 Å². The lowest BCUT2D eigenvalue weighted by molar-refractivity contribution is -0.0729. The molecule has 3 aliphatic rings. The fourth-order valence-corrected chi connectivity index (χ4v) is 5.66. The number of rotatable bonds is 3. The lowest BCUT2D eigenvalue weighted by atomic mass is 9.65. The minimum atomic E-state index is -1.42. The molecule has 0 N–H and O–H groups in total. The molecule has 0 aromatic rings. The zero-order valence-corrected chi connectivity index (χ0v) is 14.9. The monoisotopic (exact) mass is 328 g/mol. The first-order valence-electron chi connectivity index (χ1n) is 9.91. The maximum atomic E-state index is 14.5. The van der Waals surface area contributed by atoms with Gasteiger partial charge in [0.25, 0.3) is 0 Å². The van der Waals surface area contributed by atoms with Crippen LogP contribution in [0.15, 0.2) is 0 Å². The Morgan fingerprint density at radius 1 is 0.652 bits per heavy atom. The molecule has 1 nitrogen and oxygen atoms in total. The van der Waals surface area contributed by atoms with E-state index in [0.29, 0.717) is 12.3 Å². The van der Waals surface area contributed by atoms with Gasteiger partial charge in [-0.1, -0.05) is 19.8 Å². The Hall–Kier alpha value is -0.180. The molecule has 23 heavy (non-hydrogen) atoms. The highest BCUT2D eigenvalue weighted by molar-refractivity contribution is 4.93. The first kappa shape index (κ1) is 17.6. The molecule has 0 heterocycles. The van der Waals surface area contributed by atoms with Gasteiger partial charge in [0.2, 0.25) is 0 Å². The number of hydrogen-bond donors (Lipinski definition) is 0. The SMILES string of the molecule is COC1CC[C@@H](C2CCC(C3CCC(C)CC3)CC2)C(F)C1F. The van der Waals surface area contributed by atoms with E-state index in [1.165, 1.54) is 45.6 Å². The van der Waals surface area contributed by atoms with Crippen LogP contribution in [-0.2, 0) is 4.74 Å². The lowest BCUT2D eigenvalue weighted by Crippen LogP contribution is -2.45. The summed E-state index contributed by atoms with van der Waals surface area (Å²) in [5, 5.41) is 0. The Morgan fingerprint density at radius 3 is 1.74 bits per heavy atom. The van der Waals surface area contributed by atoms with Crippen LogP contribution in [0.3, 0.4) is 0 Å². The molecule has 4 atom stereocenters. The summed E-state index contributed by atoms with van der Waals surface area (Å²) in [4.78, 5) is 0. The maximum Gasteiger partial charge on any atom is 0.157 e. The quantitative estimate of drug-likeness (QED) is 0.644. The van der Waals surface area contributed by atoms with Crippen molar-refractivity contribution >= 4 is 0 Å². The smallest absolute Gasteiger partial charge is 0.157 e. The summed E-state index contributed by atoms with van der Waals surface area (Å²) < 4.78 is 33.8. The van der Waals surface area contributed by atoms with Gasteiger partial charge in [-0.25, -0.2) is 8.78 Å². The standard InChI is InChI=1S/C20H34F2O/c1-13-3-5-14(6-4-13)15-7-9-16(10-8-15)17-11-12-18(23-2)20(22)19(17)21/h13-20H,3-12H2,1-2H3/t13?,14?,15?,16?,17-,18?,19?,20?/m0/s1. The van der Waals surface area contributed by atoms with Crippen LogP contribution in [0.2, 0.25) is 0 Å². The van der Waals surface area contributed by atoms with E-state index in [1.807, 2.05) is 0 Å². The number of hydrogen-bond acceptors (Lipinski definition) is 1. The molecule has 3 unspecified atom stereocenters. The van der Waals surface area contributed by atoms with Crippen molar-refractivity contribution in [3.63, 3.8) is 0 Å². The summed E-state index contributed by atoms with van der Waals surface area (Å²) in [5.74, 6) is 3.01. The average molecular weight is 328 g/mol. The lowest BCUT2D eigenvalue weighted by Gasteiger charge is -2.43. The molecule has 0 aromatic heterocycles. The first-order chi connectivity index (χ1) is 11.1. The minimum absolute atomic E-state index is 0.0660. The van der Waals surface area contributed by atoms with Gasteiger partial charge in [-0.05, 0) is 81.0 Å². The van der Waals surface area contributed by atoms with Gasteiger partial charge in [-0.3, -0.25) is 0 Å². The van der Waals surface area contributed by atoms with Gasteiger partial charge >= 0.3 is 0 Å². The van der Waals surface area contributed by atoms with E-state index in [1.54, 1.807) is 0 Å². The van der Waals surface area contributed by atoms with Crippen LogP contribution in [0, 0.1) is 29.6 Å². The second-order valence-corrected chi connectivity index (χ2v) is 8.60. The van der Waals surface area contributed by atoms with E-state index < -0.39 is 18.4 Å². The van der Waals surface area contributed by atoms with Crippen LogP contribution in [0.25, 0.3) is 0 Å². The van der Waals surface area contributed by atoms with Crippen molar-refractivity contribution in [3.8, 4) is 0 Å². The van der Waals surface area contributed by atoms with Crippen molar-refractivity contribution in [1.29, 1.82) is 0 Å². The fraction of sp³-hybridized carbons (Fsp3) is 1.00. The molecule has 0 bridgehead atoms. The highest BCUT2D eigenvalue weighted by Gasteiger charge is 2.44. The molecule has 0 spiro atoms. The second kappa shape index (κ2) is 7.80. The average Bonchev–Trinajstić information content (AvgIpc) is 2.58. The Balaban J connectivity index is 1.49. The van der Waals surface area contributed by atoms with Crippen molar-refractivity contribution in [2.24, 2.45) is 29.6 Å². The summed E-state index contributed by atoms with van der Waals surface area (Å²) in [6, 6.07) is 0. The molecule has 3 fully saturated rings. The third-order valence-corrected chi connectivity index (χ3v) is 7.30. The molecule has 3 rings (SSSR count). The summed E-state index contributed by atoms with van der Waals surface area (Å²) >= 11 is 0. The predicted molar refractivity (Wildman–Crippen MR) is 89.9 cm³/mol. The van der Waals surface area contributed by atoms with Crippen LogP contribution in [0.4, 0.5) is 8.78 Å². The van der Waals surface area contributed by atoms with E-state index in [-0.39, 0.29) is 5.92 Å². The summed E-state index contributed by atoms with van der Waals surface area (Å²) in [6.45, 7) is 2.37. The van der Waals surface area contributed by atoms with E-state index in [2.05, 4.69) is 6.92 Å². The molecular weight excluding hydrogens is 294 g/mol. The molecule has 3 aliphatic carbocycles. The van der Waals surface area contributed by atoms with Gasteiger partial charge in [0.15, 0.2) is 6.17 Å². The summed E-state index contributed by atoms with van der Waals surface area (Å²) in [7, 11) is 1.50. The van der Waals surface area contributed by atoms with Crippen LogP contribution >= 0.6 is 0 Å². The molecular formula is C20H34F2O. The van der Waals surface area contributed by atoms with Crippen LogP contribution < -0.4 is 0 Å². The Morgan fingerprint density at radius 2 is 1.17 bits per heavy atom. The van der Waals surface area contributed by atoms with Crippen molar-refractivity contribution < 1.29 is 13.5 Å².